The molecule has 0 aliphatic carbocycles. The van der Waals surface area contributed by atoms with E-state index in [0.717, 1.165) is 0 Å². The molecule has 1 aromatic heterocycles. The molecule has 0 amide bonds. The van der Waals surface area contributed by atoms with Gasteiger partial charge in [-0.05, 0) is 0 Å². The molecule has 106 valence electrons. The third kappa shape index (κ3) is 2.75. The third-order valence-corrected chi connectivity index (χ3v) is 5.41. The highest BCUT2D eigenvalue weighted by atomic mass is 35.5. The van der Waals surface area contributed by atoms with E-state index in [4.69, 9.17) is 34.3 Å². The summed E-state index contributed by atoms with van der Waals surface area (Å²) in [6.07, 6.45) is 0.713. The third-order valence-electron chi connectivity index (χ3n) is 2.77. The molecule has 0 aromatic carbocycles. The van der Waals surface area contributed by atoms with Gasteiger partial charge in [0.2, 0.25) is 0 Å². The van der Waals surface area contributed by atoms with Crippen molar-refractivity contribution in [3.8, 4) is 0 Å². The molecule has 2 N–H and O–H groups in total. The van der Waals surface area contributed by atoms with Crippen molar-refractivity contribution in [3.63, 3.8) is 0 Å². The van der Waals surface area contributed by atoms with Crippen molar-refractivity contribution in [1.29, 1.82) is 0 Å². The van der Waals surface area contributed by atoms with Gasteiger partial charge in [-0.2, -0.15) is 9.40 Å². The number of halogens is 1. The number of sulfonamides is 1. The Balaban J connectivity index is 2.32. The molecule has 1 fully saturated rings. The molecule has 1 saturated heterocycles. The van der Waals surface area contributed by atoms with Gasteiger partial charge in [-0.1, -0.05) is 23.8 Å². The number of morpholine rings is 1. The van der Waals surface area contributed by atoms with Crippen molar-refractivity contribution < 1.29 is 13.2 Å². The monoisotopic (exact) mass is 324 g/mol. The largest absolute Gasteiger partial charge is 0.391 e. The average Bonchev–Trinajstić information content (AvgIpc) is 2.69. The lowest BCUT2D eigenvalue weighted by atomic mass is 10.3. The van der Waals surface area contributed by atoms with Gasteiger partial charge in [-0.25, -0.2) is 8.42 Å². The van der Waals surface area contributed by atoms with Crippen LogP contribution in [0.2, 0.25) is 5.02 Å². The number of nitrogens with two attached hydrogens (primary N) is 1. The highest BCUT2D eigenvalue weighted by molar-refractivity contribution is 7.89. The van der Waals surface area contributed by atoms with Crippen LogP contribution >= 0.6 is 23.8 Å². The van der Waals surface area contributed by atoms with Crippen LogP contribution in [0.4, 0.5) is 0 Å². The van der Waals surface area contributed by atoms with Crippen LogP contribution in [0.25, 0.3) is 0 Å². The Hall–Kier alpha value is -0.740. The molecule has 1 atom stereocenters. The van der Waals surface area contributed by atoms with Crippen LogP contribution in [-0.4, -0.2) is 53.3 Å². The molecule has 19 heavy (non-hydrogen) atoms. The summed E-state index contributed by atoms with van der Waals surface area (Å²) < 4.78 is 32.8. The zero-order chi connectivity index (χ0) is 14.2. The Morgan fingerprint density at radius 1 is 1.68 bits per heavy atom. The molecule has 1 unspecified atom stereocenters. The van der Waals surface area contributed by atoms with E-state index in [9.17, 15) is 8.42 Å². The van der Waals surface area contributed by atoms with Crippen LogP contribution < -0.4 is 5.73 Å². The predicted octanol–water partition coefficient (Wildman–Crippen LogP) is -0.251. The molecule has 7 nitrogen and oxygen atoms in total. The number of rotatable bonds is 3. The van der Waals surface area contributed by atoms with Crippen molar-refractivity contribution in [1.82, 2.24) is 14.1 Å². The van der Waals surface area contributed by atoms with E-state index >= 15 is 0 Å². The molecule has 0 saturated carbocycles. The van der Waals surface area contributed by atoms with Gasteiger partial charge in [-0.3, -0.25) is 4.68 Å². The van der Waals surface area contributed by atoms with Gasteiger partial charge in [0, 0.05) is 20.1 Å². The van der Waals surface area contributed by atoms with E-state index in [-0.39, 0.29) is 34.7 Å². The van der Waals surface area contributed by atoms with E-state index in [1.165, 1.54) is 22.2 Å². The molecule has 2 heterocycles. The molecule has 2 rings (SSSR count). The second-order valence-electron chi connectivity index (χ2n) is 4.05. The zero-order valence-electron chi connectivity index (χ0n) is 10.1. The lowest BCUT2D eigenvalue weighted by Crippen LogP contribution is -2.50. The van der Waals surface area contributed by atoms with Crippen molar-refractivity contribution in [2.45, 2.75) is 11.1 Å². The van der Waals surface area contributed by atoms with Crippen molar-refractivity contribution in [2.75, 3.05) is 19.7 Å². The highest BCUT2D eigenvalue weighted by Crippen LogP contribution is 2.25. The summed E-state index contributed by atoms with van der Waals surface area (Å²) >= 11 is 10.7. The van der Waals surface area contributed by atoms with Crippen LogP contribution in [0.1, 0.15) is 0 Å². The first kappa shape index (κ1) is 14.7. The number of ether oxygens (including phenoxy) is 1. The summed E-state index contributed by atoms with van der Waals surface area (Å²) in [5, 5.41) is 3.87. The minimum absolute atomic E-state index is 0.0437. The van der Waals surface area contributed by atoms with Crippen LogP contribution in [0, 0.1) is 0 Å². The van der Waals surface area contributed by atoms with Crippen LogP contribution in [-0.2, 0) is 21.8 Å². The van der Waals surface area contributed by atoms with E-state index in [1.807, 2.05) is 0 Å². The Labute approximate surface area is 121 Å². The molecule has 10 heteroatoms. The van der Waals surface area contributed by atoms with E-state index in [0.29, 0.717) is 0 Å². The molecule has 1 aromatic rings. The second kappa shape index (κ2) is 5.33. The number of hydrogen-bond acceptors (Lipinski definition) is 5. The van der Waals surface area contributed by atoms with Gasteiger partial charge in [-0.15, -0.1) is 0 Å². The lowest BCUT2D eigenvalue weighted by Gasteiger charge is -2.31. The van der Waals surface area contributed by atoms with Gasteiger partial charge in [0.15, 0.2) is 5.03 Å². The fraction of sp³-hybridized carbons (Fsp3) is 0.556. The highest BCUT2D eigenvalue weighted by Gasteiger charge is 2.35. The fourth-order valence-electron chi connectivity index (χ4n) is 1.83. The molecule has 0 spiro atoms. The maximum absolute atomic E-state index is 12.5. The number of hydrogen-bond donors (Lipinski definition) is 1. The molecule has 0 radical (unpaired) electrons. The number of aromatic nitrogens is 2. The second-order valence-corrected chi connectivity index (χ2v) is 6.78. The first-order valence-corrected chi connectivity index (χ1v) is 7.65. The predicted molar refractivity (Wildman–Crippen MR) is 73.5 cm³/mol. The summed E-state index contributed by atoms with van der Waals surface area (Å²) in [5.74, 6) is 0. The van der Waals surface area contributed by atoms with Gasteiger partial charge in [0.1, 0.15) is 11.1 Å². The van der Waals surface area contributed by atoms with E-state index < -0.39 is 16.1 Å². The Morgan fingerprint density at radius 3 is 2.89 bits per heavy atom. The number of nitrogens with zero attached hydrogens (tertiary/aromatic N) is 3. The molecule has 1 aliphatic heterocycles. The van der Waals surface area contributed by atoms with Crippen LogP contribution in [0.3, 0.4) is 0 Å². The number of thiocarbonyl (C=S) groups is 1. The minimum Gasteiger partial charge on any atom is -0.391 e. The van der Waals surface area contributed by atoms with Gasteiger partial charge < -0.3 is 10.5 Å². The lowest BCUT2D eigenvalue weighted by molar-refractivity contribution is 0.0384. The summed E-state index contributed by atoms with van der Waals surface area (Å²) in [4.78, 5) is 0.135. The van der Waals surface area contributed by atoms with Gasteiger partial charge >= 0.3 is 0 Å². The molecule has 1 aliphatic rings. The Bertz CT molecular complexity index is 581. The maximum atomic E-state index is 12.5. The van der Waals surface area contributed by atoms with Gasteiger partial charge in [0.25, 0.3) is 10.0 Å². The molecule has 0 bridgehead atoms. The maximum Gasteiger partial charge on any atom is 0.261 e. The average molecular weight is 325 g/mol. The van der Waals surface area contributed by atoms with Crippen LogP contribution in [0.5, 0.6) is 0 Å². The van der Waals surface area contributed by atoms with Crippen molar-refractivity contribution in [3.05, 3.63) is 11.2 Å². The minimum atomic E-state index is -3.74. The standard InChI is InChI=1S/C9H13ClN4O3S2/c1-13-9(6(10)4-12-13)19(15,16)14-2-3-17-7(5-14)8(11)18/h4,7H,2-3,5H2,1H3,(H2,11,18). The fourth-order valence-corrected chi connectivity index (χ4v) is 4.00. The Morgan fingerprint density at radius 2 is 2.37 bits per heavy atom. The first-order valence-electron chi connectivity index (χ1n) is 5.42. The summed E-state index contributed by atoms with van der Waals surface area (Å²) in [5.41, 5.74) is 5.49. The summed E-state index contributed by atoms with van der Waals surface area (Å²) in [7, 11) is -2.22. The van der Waals surface area contributed by atoms with Crippen molar-refractivity contribution in [2.24, 2.45) is 12.8 Å². The van der Waals surface area contributed by atoms with E-state index in [2.05, 4.69) is 5.10 Å². The Kier molecular flexibility index (Phi) is 4.11. The topological polar surface area (TPSA) is 90.5 Å². The first-order chi connectivity index (χ1) is 8.84. The summed E-state index contributed by atoms with van der Waals surface area (Å²) in [6.45, 7) is 0.541. The zero-order valence-corrected chi connectivity index (χ0v) is 12.5. The number of aryl methyl sites for hydroxylation is 1. The van der Waals surface area contributed by atoms with Crippen molar-refractivity contribution >= 4 is 38.8 Å². The normalized spacial score (nSPS) is 21.5. The molecular formula is C9H13ClN4O3S2. The van der Waals surface area contributed by atoms with Gasteiger partial charge in [0.05, 0.1) is 17.8 Å². The molecular weight excluding hydrogens is 312 g/mol. The van der Waals surface area contributed by atoms with Crippen LogP contribution in [0.15, 0.2) is 11.2 Å². The smallest absolute Gasteiger partial charge is 0.261 e. The SMILES string of the molecule is Cn1ncc(Cl)c1S(=O)(=O)N1CCOC(C(N)=S)C1. The summed E-state index contributed by atoms with van der Waals surface area (Å²) in [6, 6.07) is 0. The van der Waals surface area contributed by atoms with E-state index in [1.54, 1.807) is 0 Å². The quantitative estimate of drug-likeness (QED) is 0.771.